The summed E-state index contributed by atoms with van der Waals surface area (Å²) in [4.78, 5) is 15.7. The first-order valence-electron chi connectivity index (χ1n) is 5.53. The third-order valence-corrected chi connectivity index (χ3v) is 4.77. The van der Waals surface area contributed by atoms with Gasteiger partial charge in [-0.05, 0) is 18.4 Å². The van der Waals surface area contributed by atoms with Crippen LogP contribution in [0, 0.1) is 6.92 Å². The molecule has 0 unspecified atom stereocenters. The van der Waals surface area contributed by atoms with Crippen LogP contribution in [0.2, 0.25) is 0 Å². The van der Waals surface area contributed by atoms with Gasteiger partial charge in [0.05, 0.1) is 12.8 Å². The van der Waals surface area contributed by atoms with Crippen LogP contribution < -0.4 is 4.72 Å². The molecule has 0 aromatic carbocycles. The molecule has 2 aromatic heterocycles. The van der Waals surface area contributed by atoms with E-state index in [1.165, 1.54) is 19.4 Å². The number of imidazole rings is 1. The average Bonchev–Trinajstić information content (AvgIpc) is 2.96. The number of rotatable bonds is 4. The summed E-state index contributed by atoms with van der Waals surface area (Å²) in [6.45, 7) is 1.70. The quantitative estimate of drug-likeness (QED) is 0.861. The van der Waals surface area contributed by atoms with E-state index in [2.05, 4.69) is 14.4 Å². The number of nitrogens with one attached hydrogen (secondary N) is 1. The van der Waals surface area contributed by atoms with Crippen LogP contribution >= 0.6 is 11.3 Å². The molecule has 108 valence electrons. The van der Waals surface area contributed by atoms with Gasteiger partial charge in [-0.2, -0.15) is 8.42 Å². The highest BCUT2D eigenvalue weighted by Gasteiger charge is 2.22. The molecule has 7 nitrogen and oxygen atoms in total. The molecule has 0 amide bonds. The minimum atomic E-state index is -3.83. The lowest BCUT2D eigenvalue weighted by atomic mass is 10.4. The fourth-order valence-electron chi connectivity index (χ4n) is 1.49. The zero-order chi connectivity index (χ0) is 14.9. The van der Waals surface area contributed by atoms with Crippen molar-refractivity contribution in [2.45, 2.75) is 11.9 Å². The van der Waals surface area contributed by atoms with Crippen LogP contribution in [0.5, 0.6) is 0 Å². The summed E-state index contributed by atoms with van der Waals surface area (Å²) in [6, 6.07) is 1.50. The first kappa shape index (κ1) is 14.5. The predicted molar refractivity (Wildman–Crippen MR) is 74.4 cm³/mol. The molecule has 0 spiro atoms. The number of aromatic nitrogens is 2. The number of nitrogens with zero attached hydrogens (tertiary/aromatic N) is 2. The van der Waals surface area contributed by atoms with Crippen LogP contribution in [0.1, 0.15) is 15.5 Å². The first-order chi connectivity index (χ1) is 9.35. The number of sulfonamides is 1. The summed E-state index contributed by atoms with van der Waals surface area (Å²) in [6.07, 6.45) is 1.40. The van der Waals surface area contributed by atoms with Gasteiger partial charge >= 0.3 is 5.97 Å². The summed E-state index contributed by atoms with van der Waals surface area (Å²) >= 11 is 1.10. The minimum absolute atomic E-state index is 0.0977. The molecular formula is C11H13N3O4S2. The van der Waals surface area contributed by atoms with Crippen molar-refractivity contribution in [3.63, 3.8) is 0 Å². The molecule has 0 radical (unpaired) electrons. The zero-order valence-corrected chi connectivity index (χ0v) is 12.7. The van der Waals surface area contributed by atoms with Crippen LogP contribution in [0.4, 0.5) is 5.69 Å². The molecule has 0 bridgehead atoms. The maximum absolute atomic E-state index is 12.2. The number of methoxy groups -OCH3 is 1. The van der Waals surface area contributed by atoms with Crippen molar-refractivity contribution < 1.29 is 17.9 Å². The number of esters is 1. The number of ether oxygens (including phenoxy) is 1. The highest BCUT2D eigenvalue weighted by molar-refractivity contribution is 7.92. The highest BCUT2D eigenvalue weighted by atomic mass is 32.2. The van der Waals surface area contributed by atoms with Crippen molar-refractivity contribution in [1.29, 1.82) is 0 Å². The lowest BCUT2D eigenvalue weighted by Gasteiger charge is -2.05. The van der Waals surface area contributed by atoms with Gasteiger partial charge in [0.15, 0.2) is 5.03 Å². The van der Waals surface area contributed by atoms with E-state index >= 15 is 0 Å². The number of anilines is 1. The molecule has 0 aliphatic heterocycles. The lowest BCUT2D eigenvalue weighted by Crippen LogP contribution is -2.15. The Balaban J connectivity index is 2.34. The Labute approximate surface area is 120 Å². The molecule has 2 aromatic rings. The van der Waals surface area contributed by atoms with Gasteiger partial charge in [0.2, 0.25) is 0 Å². The maximum Gasteiger partial charge on any atom is 0.350 e. The minimum Gasteiger partial charge on any atom is -0.465 e. The van der Waals surface area contributed by atoms with E-state index in [-0.39, 0.29) is 15.6 Å². The van der Waals surface area contributed by atoms with E-state index in [4.69, 9.17) is 0 Å². The van der Waals surface area contributed by atoms with E-state index < -0.39 is 16.0 Å². The summed E-state index contributed by atoms with van der Waals surface area (Å²) in [5.41, 5.74) is 0.185. The Morgan fingerprint density at radius 1 is 1.50 bits per heavy atom. The van der Waals surface area contributed by atoms with Gasteiger partial charge in [0.25, 0.3) is 10.0 Å². The van der Waals surface area contributed by atoms with Crippen molar-refractivity contribution >= 4 is 33.0 Å². The van der Waals surface area contributed by atoms with Gasteiger partial charge < -0.3 is 9.30 Å². The molecule has 1 N–H and O–H groups in total. The van der Waals surface area contributed by atoms with E-state index in [1.807, 2.05) is 0 Å². The van der Waals surface area contributed by atoms with Gasteiger partial charge in [-0.15, -0.1) is 11.3 Å². The molecule has 2 heterocycles. The monoisotopic (exact) mass is 315 g/mol. The fraction of sp³-hybridized carbons (Fsp3) is 0.273. The summed E-state index contributed by atoms with van der Waals surface area (Å²) in [5.74, 6) is -0.0150. The second kappa shape index (κ2) is 5.25. The molecule has 20 heavy (non-hydrogen) atoms. The normalized spacial score (nSPS) is 11.3. The topological polar surface area (TPSA) is 90.3 Å². The lowest BCUT2D eigenvalue weighted by molar-refractivity contribution is 0.0607. The number of hydrogen-bond donors (Lipinski definition) is 1. The summed E-state index contributed by atoms with van der Waals surface area (Å²) < 4.78 is 32.9. The Hall–Kier alpha value is -1.87. The van der Waals surface area contributed by atoms with Crippen molar-refractivity contribution in [2.24, 2.45) is 7.05 Å². The molecule has 2 rings (SSSR count). The van der Waals surface area contributed by atoms with Crippen LogP contribution in [-0.2, 0) is 21.8 Å². The van der Waals surface area contributed by atoms with E-state index in [1.54, 1.807) is 23.9 Å². The Morgan fingerprint density at radius 3 is 2.75 bits per heavy atom. The standard InChI is InChI=1S/C11H13N3O4S2/c1-7-12-9(6-14(7)2)20(16,17)13-8-4-5-19-10(8)11(15)18-3/h4-6,13H,1-3H3. The largest absolute Gasteiger partial charge is 0.465 e. The van der Waals surface area contributed by atoms with Gasteiger partial charge in [-0.1, -0.05) is 0 Å². The van der Waals surface area contributed by atoms with Crippen LogP contribution in [-0.4, -0.2) is 31.0 Å². The third-order valence-electron chi connectivity index (χ3n) is 2.64. The van der Waals surface area contributed by atoms with E-state index in [0.29, 0.717) is 5.82 Å². The van der Waals surface area contributed by atoms with Crippen LogP contribution in [0.25, 0.3) is 0 Å². The van der Waals surface area contributed by atoms with Gasteiger partial charge in [-0.3, -0.25) is 4.72 Å². The second-order valence-corrected chi connectivity index (χ2v) is 6.54. The molecule has 0 aliphatic rings. The second-order valence-electron chi connectivity index (χ2n) is 4.00. The number of hydrogen-bond acceptors (Lipinski definition) is 6. The summed E-state index contributed by atoms with van der Waals surface area (Å²) in [7, 11) is -0.893. The first-order valence-corrected chi connectivity index (χ1v) is 7.90. The smallest absolute Gasteiger partial charge is 0.350 e. The molecular weight excluding hydrogens is 302 g/mol. The Kier molecular flexibility index (Phi) is 3.82. The number of thiophene rings is 1. The van der Waals surface area contributed by atoms with Crippen molar-refractivity contribution in [1.82, 2.24) is 9.55 Å². The van der Waals surface area contributed by atoms with Crippen molar-refractivity contribution in [3.05, 3.63) is 28.3 Å². The average molecular weight is 315 g/mol. The zero-order valence-electron chi connectivity index (χ0n) is 11.1. The van der Waals surface area contributed by atoms with E-state index in [9.17, 15) is 13.2 Å². The molecule has 0 atom stereocenters. The highest BCUT2D eigenvalue weighted by Crippen LogP contribution is 2.25. The van der Waals surface area contributed by atoms with Gasteiger partial charge in [0, 0.05) is 13.2 Å². The number of carbonyl (C=O) groups is 1. The van der Waals surface area contributed by atoms with Crippen molar-refractivity contribution in [3.8, 4) is 0 Å². The third kappa shape index (κ3) is 2.68. The van der Waals surface area contributed by atoms with Crippen LogP contribution in [0.15, 0.2) is 22.7 Å². The molecule has 0 fully saturated rings. The van der Waals surface area contributed by atoms with Gasteiger partial charge in [-0.25, -0.2) is 9.78 Å². The Bertz CT molecular complexity index is 726. The fourth-order valence-corrected chi connectivity index (χ4v) is 3.44. The molecule has 0 aliphatic carbocycles. The Morgan fingerprint density at radius 2 is 2.20 bits per heavy atom. The molecule has 9 heteroatoms. The molecule has 0 saturated heterocycles. The van der Waals surface area contributed by atoms with Crippen LogP contribution in [0.3, 0.4) is 0 Å². The van der Waals surface area contributed by atoms with E-state index in [0.717, 1.165) is 11.3 Å². The van der Waals surface area contributed by atoms with Crippen molar-refractivity contribution in [2.75, 3.05) is 11.8 Å². The SMILES string of the molecule is COC(=O)c1sccc1NS(=O)(=O)c1cn(C)c(C)n1. The number of aryl methyl sites for hydroxylation is 2. The summed E-state index contributed by atoms with van der Waals surface area (Å²) in [5, 5.41) is 1.51. The molecule has 0 saturated carbocycles. The predicted octanol–water partition coefficient (Wildman–Crippen LogP) is 1.38. The van der Waals surface area contributed by atoms with Gasteiger partial charge in [0.1, 0.15) is 10.7 Å². The number of carbonyl (C=O) groups excluding carboxylic acids is 1. The maximum atomic E-state index is 12.2.